The van der Waals surface area contributed by atoms with Crippen molar-refractivity contribution in [3.8, 4) is 28.6 Å². The summed E-state index contributed by atoms with van der Waals surface area (Å²) in [6.45, 7) is 3.39. The van der Waals surface area contributed by atoms with Gasteiger partial charge in [0.1, 0.15) is 5.82 Å². The summed E-state index contributed by atoms with van der Waals surface area (Å²) in [5, 5.41) is 19.2. The molecule has 3 aromatic rings. The quantitative estimate of drug-likeness (QED) is 0.716. The Balaban J connectivity index is 1.60. The maximum absolute atomic E-state index is 9.74. The SMILES string of the molecule is Oc1ccc(-c2nccn2-c2ccc(CN3CCCC3)cc2)cc1O. The van der Waals surface area contributed by atoms with Crippen LogP contribution in [0.5, 0.6) is 11.5 Å². The van der Waals surface area contributed by atoms with E-state index in [4.69, 9.17) is 0 Å². The van der Waals surface area contributed by atoms with Crippen molar-refractivity contribution in [2.45, 2.75) is 19.4 Å². The monoisotopic (exact) mass is 335 g/mol. The number of aromatic nitrogens is 2. The van der Waals surface area contributed by atoms with Gasteiger partial charge in [0.15, 0.2) is 11.5 Å². The molecule has 0 radical (unpaired) electrons. The van der Waals surface area contributed by atoms with Gasteiger partial charge in [-0.25, -0.2) is 4.98 Å². The van der Waals surface area contributed by atoms with Crippen molar-refractivity contribution in [2.24, 2.45) is 0 Å². The summed E-state index contributed by atoms with van der Waals surface area (Å²) in [5.41, 5.74) is 3.08. The van der Waals surface area contributed by atoms with E-state index < -0.39 is 0 Å². The van der Waals surface area contributed by atoms with E-state index in [1.807, 2.05) is 10.8 Å². The summed E-state index contributed by atoms with van der Waals surface area (Å²) >= 11 is 0. The lowest BCUT2D eigenvalue weighted by atomic mass is 10.1. The van der Waals surface area contributed by atoms with Crippen molar-refractivity contribution in [3.63, 3.8) is 0 Å². The summed E-state index contributed by atoms with van der Waals surface area (Å²) in [6, 6.07) is 13.2. The fourth-order valence-corrected chi connectivity index (χ4v) is 3.35. The summed E-state index contributed by atoms with van der Waals surface area (Å²) in [4.78, 5) is 6.88. The Morgan fingerprint density at radius 2 is 1.68 bits per heavy atom. The molecule has 2 aromatic carbocycles. The van der Waals surface area contributed by atoms with Crippen LogP contribution in [0.1, 0.15) is 18.4 Å². The van der Waals surface area contributed by atoms with Crippen molar-refractivity contribution in [1.29, 1.82) is 0 Å². The van der Waals surface area contributed by atoms with Gasteiger partial charge in [-0.1, -0.05) is 12.1 Å². The number of phenolic OH excluding ortho intramolecular Hbond substituents is 2. The minimum absolute atomic E-state index is 0.131. The Kier molecular flexibility index (Phi) is 4.15. The number of nitrogens with zero attached hydrogens (tertiary/aromatic N) is 3. The maximum atomic E-state index is 9.74. The summed E-state index contributed by atoms with van der Waals surface area (Å²) in [6.07, 6.45) is 6.23. The molecule has 0 atom stereocenters. The second-order valence-corrected chi connectivity index (χ2v) is 6.47. The Hall–Kier alpha value is -2.79. The third-order valence-corrected chi connectivity index (χ3v) is 4.69. The standard InChI is InChI=1S/C20H21N3O2/c24-18-8-5-16(13-19(18)25)20-21-9-12-23(20)17-6-3-15(4-7-17)14-22-10-1-2-11-22/h3-9,12-13,24-25H,1-2,10-11,14H2. The van der Waals surface area contributed by atoms with Crippen LogP contribution in [0.4, 0.5) is 0 Å². The first-order valence-electron chi connectivity index (χ1n) is 8.58. The third-order valence-electron chi connectivity index (χ3n) is 4.69. The normalized spacial score (nSPS) is 14.9. The van der Waals surface area contributed by atoms with Gasteiger partial charge in [0, 0.05) is 30.2 Å². The number of hydrogen-bond donors (Lipinski definition) is 2. The Morgan fingerprint density at radius 1 is 0.920 bits per heavy atom. The molecule has 0 amide bonds. The lowest BCUT2D eigenvalue weighted by Crippen LogP contribution is -2.18. The zero-order valence-corrected chi connectivity index (χ0v) is 14.0. The minimum Gasteiger partial charge on any atom is -0.504 e. The molecule has 1 aromatic heterocycles. The molecule has 1 fully saturated rings. The minimum atomic E-state index is -0.145. The number of phenols is 2. The molecule has 1 aliphatic heterocycles. The average Bonchev–Trinajstić information content (AvgIpc) is 3.30. The van der Waals surface area contributed by atoms with E-state index in [9.17, 15) is 10.2 Å². The van der Waals surface area contributed by atoms with E-state index in [1.165, 1.54) is 43.6 Å². The van der Waals surface area contributed by atoms with Gasteiger partial charge >= 0.3 is 0 Å². The fourth-order valence-electron chi connectivity index (χ4n) is 3.35. The number of benzene rings is 2. The van der Waals surface area contributed by atoms with Gasteiger partial charge in [-0.05, 0) is 61.8 Å². The molecular formula is C20H21N3O2. The largest absolute Gasteiger partial charge is 0.504 e. The molecule has 25 heavy (non-hydrogen) atoms. The average molecular weight is 335 g/mol. The topological polar surface area (TPSA) is 61.5 Å². The van der Waals surface area contributed by atoms with Crippen molar-refractivity contribution in [3.05, 3.63) is 60.4 Å². The molecule has 2 N–H and O–H groups in total. The first kappa shape index (κ1) is 15.7. The number of likely N-dealkylation sites (tertiary alicyclic amines) is 1. The van der Waals surface area contributed by atoms with E-state index in [0.29, 0.717) is 0 Å². The molecule has 1 aliphatic rings. The molecule has 0 aliphatic carbocycles. The van der Waals surface area contributed by atoms with Crippen LogP contribution in [0.15, 0.2) is 54.9 Å². The molecule has 5 nitrogen and oxygen atoms in total. The lowest BCUT2D eigenvalue weighted by Gasteiger charge is -2.15. The second kappa shape index (κ2) is 6.61. The van der Waals surface area contributed by atoms with E-state index >= 15 is 0 Å². The van der Waals surface area contributed by atoms with Gasteiger partial charge in [0.2, 0.25) is 0 Å². The van der Waals surface area contributed by atoms with E-state index in [2.05, 4.69) is 34.1 Å². The maximum Gasteiger partial charge on any atom is 0.158 e. The first-order chi connectivity index (χ1) is 12.2. The van der Waals surface area contributed by atoms with Crippen LogP contribution in [0.2, 0.25) is 0 Å². The van der Waals surface area contributed by atoms with Gasteiger partial charge in [0.05, 0.1) is 0 Å². The zero-order valence-electron chi connectivity index (χ0n) is 14.0. The van der Waals surface area contributed by atoms with Crippen molar-refractivity contribution >= 4 is 0 Å². The molecule has 0 bridgehead atoms. The predicted octanol–water partition coefficient (Wildman–Crippen LogP) is 3.55. The Labute approximate surface area is 146 Å². The van der Waals surface area contributed by atoms with Crippen molar-refractivity contribution in [2.75, 3.05) is 13.1 Å². The Morgan fingerprint density at radius 3 is 2.40 bits per heavy atom. The van der Waals surface area contributed by atoms with E-state index in [0.717, 1.165) is 23.6 Å². The predicted molar refractivity (Wildman–Crippen MR) is 96.8 cm³/mol. The van der Waals surface area contributed by atoms with Crippen LogP contribution in [0.25, 0.3) is 17.1 Å². The van der Waals surface area contributed by atoms with Gasteiger partial charge < -0.3 is 10.2 Å². The molecule has 0 saturated carbocycles. The highest BCUT2D eigenvalue weighted by Crippen LogP contribution is 2.30. The molecule has 0 unspecified atom stereocenters. The summed E-state index contributed by atoms with van der Waals surface area (Å²) in [5.74, 6) is 0.448. The number of rotatable bonds is 4. The molecule has 128 valence electrons. The second-order valence-electron chi connectivity index (χ2n) is 6.47. The highest BCUT2D eigenvalue weighted by Gasteiger charge is 2.13. The highest BCUT2D eigenvalue weighted by atomic mass is 16.3. The van der Waals surface area contributed by atoms with Crippen LogP contribution in [0.3, 0.4) is 0 Å². The van der Waals surface area contributed by atoms with E-state index in [1.54, 1.807) is 12.3 Å². The van der Waals surface area contributed by atoms with Crippen molar-refractivity contribution in [1.82, 2.24) is 14.5 Å². The van der Waals surface area contributed by atoms with Gasteiger partial charge in [-0.2, -0.15) is 0 Å². The third kappa shape index (κ3) is 3.23. The number of aromatic hydroxyl groups is 2. The van der Waals surface area contributed by atoms with E-state index in [-0.39, 0.29) is 11.5 Å². The summed E-state index contributed by atoms with van der Waals surface area (Å²) < 4.78 is 1.98. The van der Waals surface area contributed by atoms with Crippen LogP contribution in [-0.4, -0.2) is 37.8 Å². The first-order valence-corrected chi connectivity index (χ1v) is 8.58. The molecule has 4 rings (SSSR count). The lowest BCUT2D eigenvalue weighted by molar-refractivity contribution is 0.331. The van der Waals surface area contributed by atoms with Crippen LogP contribution in [0, 0.1) is 0 Å². The Bertz CT molecular complexity index is 865. The van der Waals surface area contributed by atoms with Crippen molar-refractivity contribution < 1.29 is 10.2 Å². The number of hydrogen-bond acceptors (Lipinski definition) is 4. The summed E-state index contributed by atoms with van der Waals surface area (Å²) in [7, 11) is 0. The number of imidazole rings is 1. The van der Waals surface area contributed by atoms with Crippen LogP contribution in [-0.2, 0) is 6.54 Å². The molecule has 2 heterocycles. The fraction of sp³-hybridized carbons (Fsp3) is 0.250. The van der Waals surface area contributed by atoms with Gasteiger partial charge in [0.25, 0.3) is 0 Å². The van der Waals surface area contributed by atoms with Gasteiger partial charge in [-0.15, -0.1) is 0 Å². The molecule has 5 heteroatoms. The van der Waals surface area contributed by atoms with Crippen LogP contribution < -0.4 is 0 Å². The van der Waals surface area contributed by atoms with Crippen LogP contribution >= 0.6 is 0 Å². The smallest absolute Gasteiger partial charge is 0.158 e. The molecular weight excluding hydrogens is 314 g/mol. The molecule has 1 saturated heterocycles. The van der Waals surface area contributed by atoms with Gasteiger partial charge in [-0.3, -0.25) is 9.47 Å². The zero-order chi connectivity index (χ0) is 17.2. The highest BCUT2D eigenvalue weighted by molar-refractivity contribution is 5.63. The molecule has 0 spiro atoms.